The first-order chi connectivity index (χ1) is 13.4. The number of aromatic amines is 1. The van der Waals surface area contributed by atoms with Gasteiger partial charge in [0.1, 0.15) is 9.77 Å². The van der Waals surface area contributed by atoms with E-state index in [0.29, 0.717) is 9.85 Å². The van der Waals surface area contributed by atoms with E-state index in [9.17, 15) is 18.0 Å². The summed E-state index contributed by atoms with van der Waals surface area (Å²) in [7, 11) is -3.63. The molecule has 28 heavy (non-hydrogen) atoms. The zero-order chi connectivity index (χ0) is 19.9. The minimum Gasteiger partial charge on any atom is -0.336 e. The molecular formula is C18H16ClN3O4S2. The number of pyridine rings is 1. The molecule has 0 saturated carbocycles. The van der Waals surface area contributed by atoms with Crippen LogP contribution in [0.2, 0.25) is 4.34 Å². The number of H-pyrrole nitrogens is 1. The van der Waals surface area contributed by atoms with Crippen molar-refractivity contribution in [1.82, 2.24) is 14.2 Å². The van der Waals surface area contributed by atoms with Gasteiger partial charge in [-0.15, -0.1) is 11.3 Å². The molecule has 0 bridgehead atoms. The van der Waals surface area contributed by atoms with Crippen LogP contribution in [0.5, 0.6) is 0 Å². The summed E-state index contributed by atoms with van der Waals surface area (Å²) in [4.78, 5) is 29.3. The van der Waals surface area contributed by atoms with Crippen LogP contribution in [0.15, 0.2) is 51.5 Å². The standard InChI is InChI=1S/C18H16ClN3O4S2/c19-15-5-6-16(27-15)28(25,26)22-9-7-21(8-10-22)18(24)13-11-12-3-1-2-4-14(12)20-17(13)23/h1-6,11H,7-10H2,(H,20,23). The van der Waals surface area contributed by atoms with Gasteiger partial charge in [0.15, 0.2) is 0 Å². The van der Waals surface area contributed by atoms with Crippen molar-refractivity contribution in [3.8, 4) is 0 Å². The smallest absolute Gasteiger partial charge is 0.261 e. The molecule has 4 rings (SSSR count). The Bertz CT molecular complexity index is 1210. The highest BCUT2D eigenvalue weighted by Crippen LogP contribution is 2.28. The first-order valence-corrected chi connectivity index (χ1v) is 11.2. The number of rotatable bonds is 3. The van der Waals surface area contributed by atoms with Crippen molar-refractivity contribution in [1.29, 1.82) is 0 Å². The summed E-state index contributed by atoms with van der Waals surface area (Å²) >= 11 is 6.85. The number of carbonyl (C=O) groups is 1. The summed E-state index contributed by atoms with van der Waals surface area (Å²) in [5, 5.41) is 0.765. The van der Waals surface area contributed by atoms with Gasteiger partial charge in [-0.05, 0) is 29.7 Å². The zero-order valence-corrected chi connectivity index (χ0v) is 17.0. The number of amides is 1. The van der Waals surface area contributed by atoms with Gasteiger partial charge in [0, 0.05) is 31.7 Å². The fourth-order valence-corrected chi connectivity index (χ4v) is 6.23. The summed E-state index contributed by atoms with van der Waals surface area (Å²) in [5.41, 5.74) is 0.265. The molecule has 1 aliphatic heterocycles. The highest BCUT2D eigenvalue weighted by atomic mass is 35.5. The SMILES string of the molecule is O=C(c1cc2ccccc2[nH]c1=O)N1CCN(S(=O)(=O)c2ccc(Cl)s2)CC1. The van der Waals surface area contributed by atoms with Crippen LogP contribution in [0.1, 0.15) is 10.4 Å². The minimum absolute atomic E-state index is 0.0556. The van der Waals surface area contributed by atoms with Gasteiger partial charge in [-0.1, -0.05) is 29.8 Å². The normalized spacial score (nSPS) is 15.8. The van der Waals surface area contributed by atoms with Gasteiger partial charge in [-0.3, -0.25) is 9.59 Å². The Morgan fingerprint density at radius 3 is 2.46 bits per heavy atom. The van der Waals surface area contributed by atoms with E-state index in [1.807, 2.05) is 12.1 Å². The summed E-state index contributed by atoms with van der Waals surface area (Å²) in [5.74, 6) is -0.400. The Morgan fingerprint density at radius 2 is 1.79 bits per heavy atom. The lowest BCUT2D eigenvalue weighted by Gasteiger charge is -2.33. The van der Waals surface area contributed by atoms with E-state index in [4.69, 9.17) is 11.6 Å². The summed E-state index contributed by atoms with van der Waals surface area (Å²) in [6, 6.07) is 11.8. The lowest BCUT2D eigenvalue weighted by atomic mass is 10.1. The van der Waals surface area contributed by atoms with E-state index >= 15 is 0 Å². The first-order valence-electron chi connectivity index (χ1n) is 8.53. The number of halogens is 1. The molecule has 146 valence electrons. The molecule has 1 aliphatic rings. The minimum atomic E-state index is -3.63. The Balaban J connectivity index is 1.52. The van der Waals surface area contributed by atoms with Gasteiger partial charge in [0.25, 0.3) is 21.5 Å². The van der Waals surface area contributed by atoms with Crippen molar-refractivity contribution < 1.29 is 13.2 Å². The van der Waals surface area contributed by atoms with E-state index in [-0.39, 0.29) is 36.0 Å². The van der Waals surface area contributed by atoms with Crippen molar-refractivity contribution in [3.63, 3.8) is 0 Å². The Kier molecular flexibility index (Phi) is 5.00. The van der Waals surface area contributed by atoms with Gasteiger partial charge in [0.05, 0.1) is 4.34 Å². The monoisotopic (exact) mass is 437 g/mol. The third-order valence-corrected chi connectivity index (χ3v) is 8.25. The van der Waals surface area contributed by atoms with Gasteiger partial charge in [-0.25, -0.2) is 8.42 Å². The molecule has 1 fully saturated rings. The van der Waals surface area contributed by atoms with E-state index < -0.39 is 21.5 Å². The molecule has 1 saturated heterocycles. The van der Waals surface area contributed by atoms with Crippen molar-refractivity contribution in [2.45, 2.75) is 4.21 Å². The number of hydrogen-bond donors (Lipinski definition) is 1. The van der Waals surface area contributed by atoms with Crippen LogP contribution in [-0.4, -0.2) is 54.7 Å². The maximum absolute atomic E-state index is 12.8. The second-order valence-corrected chi connectivity index (χ2v) is 10.2. The molecule has 3 aromatic rings. The predicted molar refractivity (Wildman–Crippen MR) is 109 cm³/mol. The highest BCUT2D eigenvalue weighted by Gasteiger charge is 2.32. The third-order valence-electron chi connectivity index (χ3n) is 4.65. The van der Waals surface area contributed by atoms with Crippen molar-refractivity contribution in [3.05, 3.63) is 62.7 Å². The van der Waals surface area contributed by atoms with Crippen LogP contribution in [0, 0.1) is 0 Å². The second kappa shape index (κ2) is 7.32. The molecule has 3 heterocycles. The van der Waals surface area contributed by atoms with Gasteiger partial charge < -0.3 is 9.88 Å². The quantitative estimate of drug-likeness (QED) is 0.681. The zero-order valence-electron chi connectivity index (χ0n) is 14.6. The summed E-state index contributed by atoms with van der Waals surface area (Å²) in [6.07, 6.45) is 0. The van der Waals surface area contributed by atoms with Crippen molar-refractivity contribution >= 4 is 49.8 Å². The number of para-hydroxylation sites is 1. The maximum Gasteiger partial charge on any atom is 0.261 e. The molecule has 7 nitrogen and oxygen atoms in total. The molecule has 10 heteroatoms. The largest absolute Gasteiger partial charge is 0.336 e. The lowest BCUT2D eigenvalue weighted by molar-refractivity contribution is 0.0696. The molecule has 2 aromatic heterocycles. The van der Waals surface area contributed by atoms with Crippen molar-refractivity contribution in [2.24, 2.45) is 0 Å². The fraction of sp³-hybridized carbons (Fsp3) is 0.222. The molecule has 0 radical (unpaired) electrons. The van der Waals surface area contributed by atoms with Crippen molar-refractivity contribution in [2.75, 3.05) is 26.2 Å². The number of nitrogens with one attached hydrogen (secondary N) is 1. The number of benzene rings is 1. The number of sulfonamides is 1. The molecule has 1 N–H and O–H groups in total. The molecule has 0 atom stereocenters. The van der Waals surface area contributed by atoms with Crippen LogP contribution >= 0.6 is 22.9 Å². The first kappa shape index (κ1) is 19.1. The maximum atomic E-state index is 12.8. The van der Waals surface area contributed by atoms with E-state index in [1.165, 1.54) is 15.3 Å². The van der Waals surface area contributed by atoms with E-state index in [1.54, 1.807) is 24.3 Å². The van der Waals surface area contributed by atoms with Crippen LogP contribution in [0.3, 0.4) is 0 Å². The summed E-state index contributed by atoms with van der Waals surface area (Å²) in [6.45, 7) is 0.747. The summed E-state index contributed by atoms with van der Waals surface area (Å²) < 4.78 is 27.3. The average molecular weight is 438 g/mol. The molecule has 0 aliphatic carbocycles. The fourth-order valence-electron chi connectivity index (χ4n) is 3.17. The molecule has 0 unspecified atom stereocenters. The van der Waals surface area contributed by atoms with E-state index in [2.05, 4.69) is 4.98 Å². The van der Waals surface area contributed by atoms with Crippen LogP contribution < -0.4 is 5.56 Å². The number of piperazine rings is 1. The lowest BCUT2D eigenvalue weighted by Crippen LogP contribution is -2.51. The Morgan fingerprint density at radius 1 is 1.07 bits per heavy atom. The predicted octanol–water partition coefficient (Wildman–Crippen LogP) is 2.39. The van der Waals surface area contributed by atoms with Gasteiger partial charge >= 0.3 is 0 Å². The highest BCUT2D eigenvalue weighted by molar-refractivity contribution is 7.91. The van der Waals surface area contributed by atoms with Crippen LogP contribution in [0.4, 0.5) is 0 Å². The Hall–Kier alpha value is -2.20. The van der Waals surface area contributed by atoms with Crippen LogP contribution in [-0.2, 0) is 10.0 Å². The third kappa shape index (κ3) is 3.46. The van der Waals surface area contributed by atoms with E-state index in [0.717, 1.165) is 16.7 Å². The van der Waals surface area contributed by atoms with Gasteiger partial charge in [-0.2, -0.15) is 4.31 Å². The number of fused-ring (bicyclic) bond motifs is 1. The second-order valence-electron chi connectivity index (χ2n) is 6.35. The number of hydrogen-bond acceptors (Lipinski definition) is 5. The average Bonchev–Trinajstić information content (AvgIpc) is 3.14. The number of nitrogens with zero attached hydrogens (tertiary/aromatic N) is 2. The molecule has 0 spiro atoms. The number of aromatic nitrogens is 1. The number of thiophene rings is 1. The molecular weight excluding hydrogens is 422 g/mol. The number of carbonyl (C=O) groups excluding carboxylic acids is 1. The topological polar surface area (TPSA) is 90.6 Å². The Labute approximate surface area is 170 Å². The van der Waals surface area contributed by atoms with Crippen LogP contribution in [0.25, 0.3) is 10.9 Å². The van der Waals surface area contributed by atoms with Gasteiger partial charge in [0.2, 0.25) is 0 Å². The molecule has 1 aromatic carbocycles. The molecule has 1 amide bonds.